The summed E-state index contributed by atoms with van der Waals surface area (Å²) in [7, 11) is 0. The monoisotopic (exact) mass is 325 g/mol. The fraction of sp³-hybridized carbons (Fsp3) is 0.316. The van der Waals surface area contributed by atoms with E-state index >= 15 is 0 Å². The minimum Gasteiger partial charge on any atom is -0.364 e. The zero-order chi connectivity index (χ0) is 15.6. The summed E-state index contributed by atoms with van der Waals surface area (Å²) in [6, 6.07) is 17.3. The van der Waals surface area contributed by atoms with E-state index in [0.717, 1.165) is 43.3 Å². The smallest absolute Gasteiger partial charge is 0.104 e. The summed E-state index contributed by atoms with van der Waals surface area (Å²) in [6.45, 7) is 4.17. The Morgan fingerprint density at radius 1 is 1.04 bits per heavy atom. The van der Waals surface area contributed by atoms with Crippen LogP contribution in [0.1, 0.15) is 12.0 Å². The van der Waals surface area contributed by atoms with Gasteiger partial charge in [-0.2, -0.15) is 0 Å². The molecule has 0 bridgehead atoms. The van der Waals surface area contributed by atoms with Crippen molar-refractivity contribution in [1.29, 1.82) is 0 Å². The molecule has 0 aromatic heterocycles. The summed E-state index contributed by atoms with van der Waals surface area (Å²) in [5.74, 6) is 0. The quantitative estimate of drug-likeness (QED) is 0.826. The molecule has 0 saturated carbocycles. The summed E-state index contributed by atoms with van der Waals surface area (Å²) < 4.78 is 0. The summed E-state index contributed by atoms with van der Waals surface area (Å²) >= 11 is 6.33. The molecule has 1 fully saturated rings. The summed E-state index contributed by atoms with van der Waals surface area (Å²) in [5.41, 5.74) is 3.48. The third kappa shape index (κ3) is 2.99. The fourth-order valence-electron chi connectivity index (χ4n) is 3.55. The van der Waals surface area contributed by atoms with Gasteiger partial charge in [-0.3, -0.25) is 9.89 Å². The van der Waals surface area contributed by atoms with Gasteiger partial charge in [0, 0.05) is 44.9 Å². The number of piperazine rings is 1. The van der Waals surface area contributed by atoms with Gasteiger partial charge in [-0.25, -0.2) is 0 Å². The van der Waals surface area contributed by atoms with E-state index in [0.29, 0.717) is 6.04 Å². The van der Waals surface area contributed by atoms with E-state index in [4.69, 9.17) is 11.6 Å². The maximum Gasteiger partial charge on any atom is 0.104 e. The number of fused-ring (bicyclic) bond motifs is 3. The number of benzene rings is 2. The highest BCUT2D eigenvalue weighted by atomic mass is 35.5. The minimum absolute atomic E-state index is 0.468. The molecule has 0 amide bonds. The van der Waals surface area contributed by atoms with Crippen LogP contribution in [-0.2, 0) is 6.54 Å². The number of hydrogen-bond donors (Lipinski definition) is 0. The first-order valence-electron chi connectivity index (χ1n) is 8.15. The average Bonchev–Trinajstić information content (AvgIpc) is 2.76. The van der Waals surface area contributed by atoms with Gasteiger partial charge >= 0.3 is 0 Å². The Balaban J connectivity index is 1.54. The fourth-order valence-corrected chi connectivity index (χ4v) is 3.77. The largest absolute Gasteiger partial charge is 0.364 e. The van der Waals surface area contributed by atoms with Crippen LogP contribution in [-0.4, -0.2) is 36.8 Å². The van der Waals surface area contributed by atoms with Crippen molar-refractivity contribution in [2.45, 2.75) is 19.0 Å². The summed E-state index contributed by atoms with van der Waals surface area (Å²) in [6.07, 6.45) is 3.00. The van der Waals surface area contributed by atoms with E-state index in [9.17, 15) is 0 Å². The van der Waals surface area contributed by atoms with Crippen molar-refractivity contribution in [2.75, 3.05) is 24.5 Å². The topological polar surface area (TPSA) is 18.8 Å². The predicted octanol–water partition coefficient (Wildman–Crippen LogP) is 4.14. The molecule has 23 heavy (non-hydrogen) atoms. The van der Waals surface area contributed by atoms with Crippen LogP contribution in [0.3, 0.4) is 0 Å². The van der Waals surface area contributed by atoms with Crippen molar-refractivity contribution >= 4 is 29.2 Å². The number of rotatable bonds is 2. The van der Waals surface area contributed by atoms with Crippen LogP contribution in [0.15, 0.2) is 53.5 Å². The molecular formula is C19H20ClN3. The molecule has 4 heteroatoms. The SMILES string of the molecule is Clc1cccc2c1N=CCC1CN(Cc3ccccc3)CCN21. The van der Waals surface area contributed by atoms with E-state index in [1.165, 1.54) is 11.3 Å². The van der Waals surface area contributed by atoms with Gasteiger partial charge in [-0.1, -0.05) is 48.0 Å². The molecule has 1 saturated heterocycles. The van der Waals surface area contributed by atoms with Gasteiger partial charge in [0.1, 0.15) is 5.69 Å². The zero-order valence-electron chi connectivity index (χ0n) is 13.0. The second kappa shape index (κ2) is 6.34. The van der Waals surface area contributed by atoms with Crippen molar-refractivity contribution in [3.05, 3.63) is 59.1 Å². The van der Waals surface area contributed by atoms with E-state index in [1.807, 2.05) is 18.3 Å². The molecule has 1 atom stereocenters. The van der Waals surface area contributed by atoms with Gasteiger partial charge in [0.2, 0.25) is 0 Å². The van der Waals surface area contributed by atoms with Crippen LogP contribution in [0, 0.1) is 0 Å². The maximum atomic E-state index is 6.33. The van der Waals surface area contributed by atoms with Crippen molar-refractivity contribution in [3.8, 4) is 0 Å². The zero-order valence-corrected chi connectivity index (χ0v) is 13.8. The molecule has 0 spiro atoms. The van der Waals surface area contributed by atoms with Crippen molar-refractivity contribution < 1.29 is 0 Å². The number of anilines is 1. The van der Waals surface area contributed by atoms with Crippen molar-refractivity contribution in [3.63, 3.8) is 0 Å². The van der Waals surface area contributed by atoms with Crippen LogP contribution in [0.2, 0.25) is 5.02 Å². The minimum atomic E-state index is 0.468. The van der Waals surface area contributed by atoms with Gasteiger partial charge in [0.25, 0.3) is 0 Å². The van der Waals surface area contributed by atoms with Crippen LogP contribution < -0.4 is 4.90 Å². The Labute approximate surface area is 142 Å². The van der Waals surface area contributed by atoms with Crippen LogP contribution >= 0.6 is 11.6 Å². The van der Waals surface area contributed by atoms with Gasteiger partial charge in [-0.15, -0.1) is 0 Å². The van der Waals surface area contributed by atoms with Crippen LogP contribution in [0.4, 0.5) is 11.4 Å². The number of hydrogen-bond acceptors (Lipinski definition) is 3. The Bertz CT molecular complexity index is 714. The molecular weight excluding hydrogens is 306 g/mol. The lowest BCUT2D eigenvalue weighted by Crippen LogP contribution is -2.52. The van der Waals surface area contributed by atoms with E-state index < -0.39 is 0 Å². The molecule has 0 N–H and O–H groups in total. The second-order valence-corrected chi connectivity index (χ2v) is 6.63. The van der Waals surface area contributed by atoms with Gasteiger partial charge < -0.3 is 4.90 Å². The number of para-hydroxylation sites is 1. The lowest BCUT2D eigenvalue weighted by molar-refractivity contribution is 0.217. The molecule has 118 valence electrons. The lowest BCUT2D eigenvalue weighted by atomic mass is 10.1. The molecule has 3 nitrogen and oxygen atoms in total. The van der Waals surface area contributed by atoms with Crippen molar-refractivity contribution in [2.24, 2.45) is 4.99 Å². The highest BCUT2D eigenvalue weighted by Gasteiger charge is 2.29. The highest BCUT2D eigenvalue weighted by Crippen LogP contribution is 2.39. The van der Waals surface area contributed by atoms with Gasteiger partial charge in [0.15, 0.2) is 0 Å². The van der Waals surface area contributed by atoms with Crippen LogP contribution in [0.25, 0.3) is 0 Å². The standard InChI is InChI=1S/C19H20ClN3/c20-17-7-4-8-18-19(17)21-10-9-16-14-22(11-12-23(16)18)13-15-5-2-1-3-6-15/h1-8,10,16H,9,11-14H2. The van der Waals surface area contributed by atoms with E-state index in [-0.39, 0.29) is 0 Å². The molecule has 1 unspecified atom stereocenters. The number of nitrogens with zero attached hydrogens (tertiary/aromatic N) is 3. The molecule has 2 aromatic rings. The first-order chi connectivity index (χ1) is 11.3. The average molecular weight is 326 g/mol. The second-order valence-electron chi connectivity index (χ2n) is 6.22. The molecule has 4 rings (SSSR count). The Hall–Kier alpha value is -1.84. The Kier molecular flexibility index (Phi) is 4.06. The van der Waals surface area contributed by atoms with Gasteiger partial charge in [-0.05, 0) is 17.7 Å². The predicted molar refractivity (Wildman–Crippen MR) is 97.1 cm³/mol. The summed E-state index contributed by atoms with van der Waals surface area (Å²) in [4.78, 5) is 9.63. The third-order valence-corrected chi connectivity index (χ3v) is 4.99. The molecule has 2 heterocycles. The van der Waals surface area contributed by atoms with E-state index in [2.05, 4.69) is 51.2 Å². The first-order valence-corrected chi connectivity index (χ1v) is 8.53. The molecule has 2 aromatic carbocycles. The highest BCUT2D eigenvalue weighted by molar-refractivity contribution is 6.33. The van der Waals surface area contributed by atoms with Crippen LogP contribution in [0.5, 0.6) is 0 Å². The number of aliphatic imine (C=N–C) groups is 1. The summed E-state index contributed by atoms with van der Waals surface area (Å²) in [5, 5.41) is 0.742. The molecule has 0 radical (unpaired) electrons. The Morgan fingerprint density at radius 2 is 1.91 bits per heavy atom. The molecule has 2 aliphatic heterocycles. The number of halogens is 1. The third-order valence-electron chi connectivity index (χ3n) is 4.69. The maximum absolute atomic E-state index is 6.33. The lowest BCUT2D eigenvalue weighted by Gasteiger charge is -2.42. The molecule has 0 aliphatic carbocycles. The molecule has 2 aliphatic rings. The van der Waals surface area contributed by atoms with Gasteiger partial charge in [0.05, 0.1) is 10.7 Å². The van der Waals surface area contributed by atoms with E-state index in [1.54, 1.807) is 0 Å². The van der Waals surface area contributed by atoms with Crippen molar-refractivity contribution in [1.82, 2.24) is 4.90 Å². The first kappa shape index (κ1) is 14.7. The Morgan fingerprint density at radius 3 is 2.78 bits per heavy atom. The normalized spacial score (nSPS) is 20.7.